The van der Waals surface area contributed by atoms with Gasteiger partial charge in [0.2, 0.25) is 5.95 Å². The van der Waals surface area contributed by atoms with Crippen LogP contribution >= 0.6 is 0 Å². The molecular formula is C20H17N5O. The first-order valence-corrected chi connectivity index (χ1v) is 8.38. The van der Waals surface area contributed by atoms with Gasteiger partial charge in [-0.3, -0.25) is 9.88 Å². The van der Waals surface area contributed by atoms with Crippen LogP contribution in [0.4, 0.5) is 5.95 Å². The van der Waals surface area contributed by atoms with E-state index in [4.69, 9.17) is 10.5 Å². The Bertz CT molecular complexity index is 1180. The number of anilines is 1. The summed E-state index contributed by atoms with van der Waals surface area (Å²) in [6.45, 7) is 0. The number of imidazole rings is 1. The predicted octanol–water partition coefficient (Wildman–Crippen LogP) is 3.49. The lowest BCUT2D eigenvalue weighted by Crippen LogP contribution is -2.31. The number of guanidine groups is 1. The zero-order valence-corrected chi connectivity index (χ0v) is 14.2. The molecule has 1 aromatic heterocycles. The molecule has 0 saturated carbocycles. The summed E-state index contributed by atoms with van der Waals surface area (Å²) < 4.78 is 7.39. The van der Waals surface area contributed by atoms with Gasteiger partial charge in [0.05, 0.1) is 18.1 Å². The number of nitrogens with zero attached hydrogens (tertiary/aromatic N) is 3. The normalized spacial score (nSPS) is 16.2. The van der Waals surface area contributed by atoms with Crippen LogP contribution < -0.4 is 15.8 Å². The van der Waals surface area contributed by atoms with Crippen molar-refractivity contribution in [1.82, 2.24) is 9.55 Å². The van der Waals surface area contributed by atoms with Gasteiger partial charge >= 0.3 is 0 Å². The number of nitrogens with two attached hydrogens (primary N) is 1. The van der Waals surface area contributed by atoms with Gasteiger partial charge in [0.25, 0.3) is 0 Å². The zero-order chi connectivity index (χ0) is 17.7. The molecule has 5 rings (SSSR count). The maximum absolute atomic E-state index is 6.02. The number of ether oxygens (including phenoxy) is 1. The van der Waals surface area contributed by atoms with Crippen LogP contribution in [0.25, 0.3) is 21.8 Å². The second-order valence-corrected chi connectivity index (χ2v) is 6.28. The number of aliphatic imine (C=N–C) groups is 1. The molecule has 1 aliphatic rings. The van der Waals surface area contributed by atoms with Gasteiger partial charge in [0.1, 0.15) is 5.75 Å². The lowest BCUT2D eigenvalue weighted by Gasteiger charge is -2.24. The molecule has 0 spiro atoms. The van der Waals surface area contributed by atoms with E-state index in [2.05, 4.69) is 44.1 Å². The molecule has 0 amide bonds. The van der Waals surface area contributed by atoms with Gasteiger partial charge in [-0.1, -0.05) is 30.3 Å². The third kappa shape index (κ3) is 2.19. The first-order valence-electron chi connectivity index (χ1n) is 8.38. The summed E-state index contributed by atoms with van der Waals surface area (Å²) in [4.78, 5) is 9.28. The van der Waals surface area contributed by atoms with Gasteiger partial charge in [-0.25, -0.2) is 9.98 Å². The van der Waals surface area contributed by atoms with Crippen LogP contribution in [0, 0.1) is 0 Å². The largest absolute Gasteiger partial charge is 0.497 e. The number of rotatable bonds is 2. The number of hydrogen-bond donors (Lipinski definition) is 2. The lowest BCUT2D eigenvalue weighted by molar-refractivity contribution is 0.415. The molecule has 0 saturated heterocycles. The Kier molecular flexibility index (Phi) is 3.12. The van der Waals surface area contributed by atoms with Crippen molar-refractivity contribution in [3.8, 4) is 5.75 Å². The molecule has 1 atom stereocenters. The second-order valence-electron chi connectivity index (χ2n) is 6.28. The molecule has 0 fully saturated rings. The molecule has 4 aromatic rings. The first kappa shape index (κ1) is 14.8. The molecular weight excluding hydrogens is 326 g/mol. The molecule has 6 nitrogen and oxygen atoms in total. The third-order valence-electron chi connectivity index (χ3n) is 4.71. The minimum Gasteiger partial charge on any atom is -0.497 e. The monoisotopic (exact) mass is 343 g/mol. The SMILES string of the molecule is COc1ccc2cc([C@@H]3N=C(N)Nc4nc5ccccc5n43)ccc2c1. The Labute approximate surface area is 149 Å². The van der Waals surface area contributed by atoms with Gasteiger partial charge in [-0.2, -0.15) is 0 Å². The van der Waals surface area contributed by atoms with E-state index in [0.717, 1.165) is 33.1 Å². The maximum atomic E-state index is 6.02. The van der Waals surface area contributed by atoms with Crippen molar-refractivity contribution in [2.24, 2.45) is 10.7 Å². The van der Waals surface area contributed by atoms with Crippen molar-refractivity contribution in [1.29, 1.82) is 0 Å². The zero-order valence-electron chi connectivity index (χ0n) is 14.2. The third-order valence-corrected chi connectivity index (χ3v) is 4.71. The Morgan fingerprint density at radius 1 is 1.04 bits per heavy atom. The highest BCUT2D eigenvalue weighted by Crippen LogP contribution is 2.33. The molecule has 0 unspecified atom stereocenters. The molecule has 6 heteroatoms. The van der Waals surface area contributed by atoms with Crippen LogP contribution in [-0.2, 0) is 0 Å². The predicted molar refractivity (Wildman–Crippen MR) is 104 cm³/mol. The topological polar surface area (TPSA) is 77.5 Å². The fraction of sp³-hybridized carbons (Fsp3) is 0.100. The van der Waals surface area contributed by atoms with Crippen LogP contribution in [0.1, 0.15) is 11.7 Å². The van der Waals surface area contributed by atoms with Crippen LogP contribution in [-0.4, -0.2) is 22.6 Å². The van der Waals surface area contributed by atoms with E-state index in [1.807, 2.05) is 36.4 Å². The fourth-order valence-corrected chi connectivity index (χ4v) is 3.47. The summed E-state index contributed by atoms with van der Waals surface area (Å²) in [6, 6.07) is 20.4. The molecule has 0 radical (unpaired) electrons. The molecule has 0 aliphatic carbocycles. The number of aromatic nitrogens is 2. The van der Waals surface area contributed by atoms with Crippen LogP contribution in [0.3, 0.4) is 0 Å². The van der Waals surface area contributed by atoms with Crippen molar-refractivity contribution in [3.63, 3.8) is 0 Å². The summed E-state index contributed by atoms with van der Waals surface area (Å²) in [7, 11) is 1.67. The molecule has 26 heavy (non-hydrogen) atoms. The molecule has 0 bridgehead atoms. The molecule has 3 N–H and O–H groups in total. The number of nitrogens with one attached hydrogen (secondary N) is 1. The number of para-hydroxylation sites is 2. The van der Waals surface area contributed by atoms with E-state index < -0.39 is 0 Å². The van der Waals surface area contributed by atoms with Crippen LogP contribution in [0.15, 0.2) is 65.7 Å². The summed E-state index contributed by atoms with van der Waals surface area (Å²) in [5, 5.41) is 5.31. The highest BCUT2D eigenvalue weighted by Gasteiger charge is 2.25. The van der Waals surface area contributed by atoms with E-state index in [9.17, 15) is 0 Å². The van der Waals surface area contributed by atoms with Crippen molar-refractivity contribution < 1.29 is 4.74 Å². The Morgan fingerprint density at radius 3 is 2.73 bits per heavy atom. The summed E-state index contributed by atoms with van der Waals surface area (Å²) in [6.07, 6.45) is -0.259. The van der Waals surface area contributed by atoms with Crippen molar-refractivity contribution in [2.75, 3.05) is 12.4 Å². The Morgan fingerprint density at radius 2 is 1.85 bits per heavy atom. The summed E-state index contributed by atoms with van der Waals surface area (Å²) in [5.41, 5.74) is 9.00. The standard InChI is InChI=1S/C20H17N5O/c1-26-15-9-8-12-10-14(7-6-13(12)11-15)18-23-19(21)24-20-22-16-4-2-3-5-17(16)25(18)20/h2-11,18H,1H3,(H3,21,22,23,24)/t18-/m1/s1. The van der Waals surface area contributed by atoms with E-state index >= 15 is 0 Å². The number of benzene rings is 3. The lowest BCUT2D eigenvalue weighted by atomic mass is 10.0. The van der Waals surface area contributed by atoms with Gasteiger partial charge in [0.15, 0.2) is 12.1 Å². The minimum absolute atomic E-state index is 0.259. The molecule has 1 aliphatic heterocycles. The van der Waals surface area contributed by atoms with Crippen LogP contribution in [0.5, 0.6) is 5.75 Å². The molecule has 3 aromatic carbocycles. The maximum Gasteiger partial charge on any atom is 0.212 e. The number of hydrogen-bond acceptors (Lipinski definition) is 5. The highest BCUT2D eigenvalue weighted by molar-refractivity contribution is 5.95. The van der Waals surface area contributed by atoms with Crippen molar-refractivity contribution in [3.05, 3.63) is 66.2 Å². The highest BCUT2D eigenvalue weighted by atomic mass is 16.5. The summed E-state index contributed by atoms with van der Waals surface area (Å²) >= 11 is 0. The van der Waals surface area contributed by atoms with Crippen LogP contribution in [0.2, 0.25) is 0 Å². The van der Waals surface area contributed by atoms with E-state index in [0.29, 0.717) is 11.9 Å². The fourth-order valence-electron chi connectivity index (χ4n) is 3.47. The number of methoxy groups -OCH3 is 1. The minimum atomic E-state index is -0.259. The van der Waals surface area contributed by atoms with Gasteiger partial charge in [0, 0.05) is 0 Å². The van der Waals surface area contributed by atoms with Crippen molar-refractivity contribution in [2.45, 2.75) is 6.17 Å². The quantitative estimate of drug-likeness (QED) is 0.584. The Balaban J connectivity index is 1.70. The molecule has 128 valence electrons. The van der Waals surface area contributed by atoms with E-state index in [1.165, 1.54) is 0 Å². The molecule has 2 heterocycles. The second kappa shape index (κ2) is 5.49. The van der Waals surface area contributed by atoms with Crippen molar-refractivity contribution >= 4 is 33.7 Å². The van der Waals surface area contributed by atoms with Gasteiger partial charge in [-0.05, 0) is 46.7 Å². The number of fused-ring (bicyclic) bond motifs is 4. The van der Waals surface area contributed by atoms with Gasteiger partial charge in [-0.15, -0.1) is 0 Å². The van der Waals surface area contributed by atoms with E-state index in [1.54, 1.807) is 7.11 Å². The smallest absolute Gasteiger partial charge is 0.212 e. The first-order chi connectivity index (χ1) is 12.7. The van der Waals surface area contributed by atoms with Gasteiger partial charge < -0.3 is 10.5 Å². The van der Waals surface area contributed by atoms with E-state index in [-0.39, 0.29) is 6.17 Å². The Hall–Kier alpha value is -3.54. The average molecular weight is 343 g/mol. The summed E-state index contributed by atoms with van der Waals surface area (Å²) in [5.74, 6) is 1.92. The average Bonchev–Trinajstić information content (AvgIpc) is 3.04.